The van der Waals surface area contributed by atoms with Crippen LogP contribution in [0.4, 0.5) is 0 Å². The van der Waals surface area contributed by atoms with E-state index in [0.717, 1.165) is 12.0 Å². The minimum absolute atomic E-state index is 0.0408. The maximum Gasteiger partial charge on any atom is 0.223 e. The minimum Gasteiger partial charge on any atom is -0.385 e. The highest BCUT2D eigenvalue weighted by Gasteiger charge is 2.26. The zero-order chi connectivity index (χ0) is 14.3. The number of methoxy groups -OCH3 is 1. The summed E-state index contributed by atoms with van der Waals surface area (Å²) in [6.45, 7) is 4.19. The Labute approximate surface area is 114 Å². The predicted molar refractivity (Wildman–Crippen MR) is 74.7 cm³/mol. The van der Waals surface area contributed by atoms with E-state index in [1.165, 1.54) is 0 Å². The summed E-state index contributed by atoms with van der Waals surface area (Å²) in [7, 11) is 1.63. The molecule has 0 spiro atoms. The maximum atomic E-state index is 11.9. The van der Waals surface area contributed by atoms with Crippen LogP contribution in [0.5, 0.6) is 0 Å². The Bertz CT molecular complexity index is 390. The number of carbonyl (C=O) groups is 1. The molecule has 0 aliphatic rings. The van der Waals surface area contributed by atoms with Gasteiger partial charge in [-0.3, -0.25) is 4.79 Å². The van der Waals surface area contributed by atoms with Crippen LogP contribution in [0, 0.1) is 0 Å². The van der Waals surface area contributed by atoms with Crippen molar-refractivity contribution < 1.29 is 14.6 Å². The monoisotopic (exact) mass is 265 g/mol. The number of hydrogen-bond donors (Lipinski definition) is 2. The van der Waals surface area contributed by atoms with Crippen LogP contribution in [0.3, 0.4) is 0 Å². The first kappa shape index (κ1) is 15.7. The molecule has 2 N–H and O–H groups in total. The average molecular weight is 265 g/mol. The Kier molecular flexibility index (Phi) is 5.99. The van der Waals surface area contributed by atoms with Crippen molar-refractivity contribution in [2.45, 2.75) is 38.3 Å². The lowest BCUT2D eigenvalue weighted by Gasteiger charge is -2.24. The van der Waals surface area contributed by atoms with Gasteiger partial charge >= 0.3 is 0 Å². The van der Waals surface area contributed by atoms with Gasteiger partial charge in [0.05, 0.1) is 12.0 Å². The van der Waals surface area contributed by atoms with Gasteiger partial charge in [0.1, 0.15) is 0 Å². The summed E-state index contributed by atoms with van der Waals surface area (Å²) in [4.78, 5) is 11.9. The molecule has 0 aromatic heterocycles. The van der Waals surface area contributed by atoms with Gasteiger partial charge in [0.2, 0.25) is 5.91 Å². The Hall–Kier alpha value is -1.39. The molecule has 4 nitrogen and oxygen atoms in total. The molecule has 19 heavy (non-hydrogen) atoms. The molecule has 1 aromatic carbocycles. The molecule has 2 unspecified atom stereocenters. The number of hydrogen-bond acceptors (Lipinski definition) is 3. The van der Waals surface area contributed by atoms with Crippen molar-refractivity contribution in [3.8, 4) is 0 Å². The van der Waals surface area contributed by atoms with Gasteiger partial charge in [-0.05, 0) is 25.8 Å². The van der Waals surface area contributed by atoms with Crippen molar-refractivity contribution in [2.75, 3.05) is 13.7 Å². The Morgan fingerprint density at radius 2 is 2.05 bits per heavy atom. The molecule has 0 fully saturated rings. The minimum atomic E-state index is -1.15. The van der Waals surface area contributed by atoms with Crippen molar-refractivity contribution in [1.29, 1.82) is 0 Å². The van der Waals surface area contributed by atoms with Gasteiger partial charge < -0.3 is 15.2 Å². The van der Waals surface area contributed by atoms with E-state index in [2.05, 4.69) is 5.32 Å². The second-order valence-electron chi connectivity index (χ2n) is 5.07. The summed E-state index contributed by atoms with van der Waals surface area (Å²) in [5, 5.41) is 13.2. The highest BCUT2D eigenvalue weighted by atomic mass is 16.5. The smallest absolute Gasteiger partial charge is 0.223 e. The first-order chi connectivity index (χ1) is 8.95. The van der Waals surface area contributed by atoms with Crippen LogP contribution < -0.4 is 5.32 Å². The van der Waals surface area contributed by atoms with E-state index < -0.39 is 5.60 Å². The molecular formula is C15H23NO3. The van der Waals surface area contributed by atoms with Gasteiger partial charge in [0.15, 0.2) is 0 Å². The van der Waals surface area contributed by atoms with Gasteiger partial charge in [0.25, 0.3) is 0 Å². The zero-order valence-corrected chi connectivity index (χ0v) is 11.8. The fourth-order valence-corrected chi connectivity index (χ4v) is 1.90. The van der Waals surface area contributed by atoms with Gasteiger partial charge in [-0.2, -0.15) is 0 Å². The quantitative estimate of drug-likeness (QED) is 0.790. The van der Waals surface area contributed by atoms with E-state index in [9.17, 15) is 9.90 Å². The van der Waals surface area contributed by atoms with Crippen LogP contribution in [0.2, 0.25) is 0 Å². The van der Waals surface area contributed by atoms with Crippen LogP contribution >= 0.6 is 0 Å². The van der Waals surface area contributed by atoms with E-state index >= 15 is 0 Å². The van der Waals surface area contributed by atoms with E-state index in [1.54, 1.807) is 14.0 Å². The topological polar surface area (TPSA) is 58.6 Å². The third-order valence-electron chi connectivity index (χ3n) is 3.06. The summed E-state index contributed by atoms with van der Waals surface area (Å²) < 4.78 is 4.96. The molecule has 0 aliphatic heterocycles. The molecule has 2 atom stereocenters. The Morgan fingerprint density at radius 3 is 2.63 bits per heavy atom. The number of carbonyl (C=O) groups excluding carboxylic acids is 1. The van der Waals surface area contributed by atoms with Gasteiger partial charge in [-0.25, -0.2) is 0 Å². The van der Waals surface area contributed by atoms with Gasteiger partial charge in [-0.15, -0.1) is 0 Å². The number of amides is 1. The molecule has 4 heteroatoms. The fraction of sp³-hybridized carbons (Fsp3) is 0.533. The Morgan fingerprint density at radius 1 is 1.42 bits per heavy atom. The number of benzene rings is 1. The number of aliphatic hydroxyl groups is 1. The number of nitrogens with one attached hydrogen (secondary N) is 1. The van der Waals surface area contributed by atoms with Crippen molar-refractivity contribution in [3.63, 3.8) is 0 Å². The Balaban J connectivity index is 2.51. The van der Waals surface area contributed by atoms with E-state index in [4.69, 9.17) is 4.74 Å². The SMILES string of the molecule is COCCC(C)NC(=O)CC(C)(O)c1ccccc1. The lowest BCUT2D eigenvalue weighted by molar-refractivity contribution is -0.126. The van der Waals surface area contributed by atoms with Gasteiger partial charge in [0, 0.05) is 19.8 Å². The molecular weight excluding hydrogens is 242 g/mol. The van der Waals surface area contributed by atoms with Crippen LogP contribution in [0.15, 0.2) is 30.3 Å². The van der Waals surface area contributed by atoms with Crippen molar-refractivity contribution in [3.05, 3.63) is 35.9 Å². The van der Waals surface area contributed by atoms with Crippen molar-refractivity contribution in [1.82, 2.24) is 5.32 Å². The zero-order valence-electron chi connectivity index (χ0n) is 11.8. The summed E-state index contributed by atoms with van der Waals surface area (Å²) in [6.07, 6.45) is 0.810. The molecule has 0 saturated heterocycles. The number of rotatable bonds is 7. The third-order valence-corrected chi connectivity index (χ3v) is 3.06. The largest absolute Gasteiger partial charge is 0.385 e. The maximum absolute atomic E-state index is 11.9. The average Bonchev–Trinajstić information content (AvgIpc) is 2.36. The van der Waals surface area contributed by atoms with Crippen LogP contribution in [-0.2, 0) is 15.1 Å². The lowest BCUT2D eigenvalue weighted by Crippen LogP contribution is -2.38. The highest BCUT2D eigenvalue weighted by Crippen LogP contribution is 2.23. The molecule has 0 saturated carbocycles. The first-order valence-electron chi connectivity index (χ1n) is 6.52. The summed E-state index contributed by atoms with van der Waals surface area (Å²) in [5.74, 6) is -0.155. The second-order valence-corrected chi connectivity index (χ2v) is 5.07. The highest BCUT2D eigenvalue weighted by molar-refractivity contribution is 5.77. The van der Waals surface area contributed by atoms with Crippen LogP contribution in [0.1, 0.15) is 32.3 Å². The van der Waals surface area contributed by atoms with Crippen molar-refractivity contribution >= 4 is 5.91 Å². The summed E-state index contributed by atoms with van der Waals surface area (Å²) >= 11 is 0. The van der Waals surface area contributed by atoms with Crippen molar-refractivity contribution in [2.24, 2.45) is 0 Å². The van der Waals surface area contributed by atoms with E-state index in [1.807, 2.05) is 37.3 Å². The molecule has 0 aliphatic carbocycles. The lowest BCUT2D eigenvalue weighted by atomic mass is 9.92. The fourth-order valence-electron chi connectivity index (χ4n) is 1.90. The van der Waals surface area contributed by atoms with E-state index in [-0.39, 0.29) is 18.4 Å². The molecule has 1 aromatic rings. The molecule has 106 valence electrons. The molecule has 0 bridgehead atoms. The van der Waals surface area contributed by atoms with Crippen LogP contribution in [-0.4, -0.2) is 30.8 Å². The summed E-state index contributed by atoms with van der Waals surface area (Å²) in [6, 6.07) is 9.26. The predicted octanol–water partition coefficient (Wildman–Crippen LogP) is 1.83. The third kappa shape index (κ3) is 5.41. The number of ether oxygens (including phenoxy) is 1. The molecule has 0 radical (unpaired) electrons. The standard InChI is InChI=1S/C15H23NO3/c1-12(9-10-19-3)16-14(17)11-15(2,18)13-7-5-4-6-8-13/h4-8,12,18H,9-11H2,1-3H3,(H,16,17). The summed E-state index contributed by atoms with van der Waals surface area (Å²) in [5.41, 5.74) is -0.401. The molecule has 1 amide bonds. The van der Waals surface area contributed by atoms with Gasteiger partial charge in [-0.1, -0.05) is 30.3 Å². The molecule has 0 heterocycles. The van der Waals surface area contributed by atoms with E-state index in [0.29, 0.717) is 6.61 Å². The molecule has 1 rings (SSSR count). The second kappa shape index (κ2) is 7.26. The first-order valence-corrected chi connectivity index (χ1v) is 6.52. The normalized spacial score (nSPS) is 15.6. The van der Waals surface area contributed by atoms with Crippen LogP contribution in [0.25, 0.3) is 0 Å².